The van der Waals surface area contributed by atoms with Crippen LogP contribution in [0.15, 0.2) is 36.4 Å². The Kier molecular flexibility index (Phi) is 9.49. The number of hydrogen-bond donors (Lipinski definition) is 0. The van der Waals surface area contributed by atoms with Crippen molar-refractivity contribution < 1.29 is 8.78 Å². The fourth-order valence-corrected chi connectivity index (χ4v) is 10.8. The molecule has 4 rings (SSSR count). The molecule has 0 N–H and O–H groups in total. The smallest absolute Gasteiger partial charge is 0.142 e. The molecule has 1 aliphatic heterocycles. The Balaban J connectivity index is 1.22. The molecule has 192 valence electrons. The highest BCUT2D eigenvalue weighted by atomic mass is 35.5. The van der Waals surface area contributed by atoms with Crippen LogP contribution in [0.25, 0.3) is 11.1 Å². The van der Waals surface area contributed by atoms with E-state index >= 15 is 0 Å². The maximum Gasteiger partial charge on any atom is 0.142 e. The van der Waals surface area contributed by atoms with E-state index in [0.29, 0.717) is 17.0 Å². The van der Waals surface area contributed by atoms with Crippen molar-refractivity contribution in [3.8, 4) is 11.1 Å². The minimum atomic E-state index is -0.922. The second kappa shape index (κ2) is 12.4. The molecule has 0 bridgehead atoms. The highest BCUT2D eigenvalue weighted by molar-refractivity contribution is 6.78. The third-order valence-electron chi connectivity index (χ3n) is 9.22. The number of rotatable bonds is 9. The molecule has 0 spiro atoms. The number of halogens is 3. The summed E-state index contributed by atoms with van der Waals surface area (Å²) < 4.78 is 28.7. The van der Waals surface area contributed by atoms with Gasteiger partial charge in [0.05, 0.1) is 13.1 Å². The molecule has 4 heteroatoms. The van der Waals surface area contributed by atoms with Gasteiger partial charge in [0.2, 0.25) is 0 Å². The summed E-state index contributed by atoms with van der Waals surface area (Å²) in [6.45, 7) is 4.98. The van der Waals surface area contributed by atoms with Crippen molar-refractivity contribution >= 4 is 19.7 Å². The molecule has 0 radical (unpaired) electrons. The van der Waals surface area contributed by atoms with Gasteiger partial charge >= 0.3 is 0 Å². The van der Waals surface area contributed by atoms with Crippen LogP contribution in [0.5, 0.6) is 0 Å². The van der Waals surface area contributed by atoms with Crippen molar-refractivity contribution in [1.29, 1.82) is 0 Å². The van der Waals surface area contributed by atoms with Gasteiger partial charge in [0.15, 0.2) is 0 Å². The number of hydrogen-bond acceptors (Lipinski definition) is 0. The highest BCUT2D eigenvalue weighted by Gasteiger charge is 2.32. The quantitative estimate of drug-likeness (QED) is 0.229. The summed E-state index contributed by atoms with van der Waals surface area (Å²) in [6.07, 6.45) is 14.9. The molecule has 1 saturated heterocycles. The Morgan fingerprint density at radius 3 is 2.14 bits per heavy atom. The Morgan fingerprint density at radius 2 is 1.51 bits per heavy atom. The monoisotopic (exact) mass is 516 g/mol. The second-order valence-electron chi connectivity index (χ2n) is 11.9. The molecular formula is C31H43ClF2Si. The standard InChI is InChI=1S/C31H43ClF2Si/c1-3-4-5-18-35(2)19-16-24(17-20-35)7-6-23-8-10-25(11-9-23)26-12-14-28(30(33)21-26)27-13-15-29(32)31(34)22-27/h12-15,21-25H,3-11,16-20H2,1-2H3. The molecule has 2 aliphatic rings. The Labute approximate surface area is 217 Å². The van der Waals surface area contributed by atoms with E-state index in [0.717, 1.165) is 30.2 Å². The molecule has 35 heavy (non-hydrogen) atoms. The van der Waals surface area contributed by atoms with Gasteiger partial charge in [-0.25, -0.2) is 8.78 Å². The maximum absolute atomic E-state index is 14.9. The van der Waals surface area contributed by atoms with Crippen molar-refractivity contribution in [2.75, 3.05) is 0 Å². The largest absolute Gasteiger partial charge is 0.206 e. The van der Waals surface area contributed by atoms with E-state index < -0.39 is 13.9 Å². The summed E-state index contributed by atoms with van der Waals surface area (Å²) in [4.78, 5) is 0. The number of benzene rings is 2. The Bertz CT molecular complexity index is 958. The van der Waals surface area contributed by atoms with Crippen molar-refractivity contribution in [2.24, 2.45) is 11.8 Å². The Morgan fingerprint density at radius 1 is 0.829 bits per heavy atom. The molecular weight excluding hydrogens is 474 g/mol. The summed E-state index contributed by atoms with van der Waals surface area (Å²) in [5, 5.41) is 0.0637. The zero-order valence-electron chi connectivity index (χ0n) is 21.7. The highest BCUT2D eigenvalue weighted by Crippen LogP contribution is 2.42. The summed E-state index contributed by atoms with van der Waals surface area (Å²) in [7, 11) is -0.922. The Hall–Kier alpha value is -1.19. The molecule has 0 nitrogen and oxygen atoms in total. The molecule has 0 unspecified atom stereocenters. The molecule has 0 aromatic heterocycles. The molecule has 0 atom stereocenters. The van der Waals surface area contributed by atoms with Gasteiger partial charge in [-0.1, -0.05) is 106 Å². The average Bonchev–Trinajstić information content (AvgIpc) is 2.86. The summed E-state index contributed by atoms with van der Waals surface area (Å²) in [5.41, 5.74) is 2.07. The lowest BCUT2D eigenvalue weighted by molar-refractivity contribution is 0.279. The molecule has 1 heterocycles. The van der Waals surface area contributed by atoms with E-state index in [1.54, 1.807) is 30.3 Å². The van der Waals surface area contributed by atoms with Crippen LogP contribution in [-0.4, -0.2) is 8.07 Å². The predicted molar refractivity (Wildman–Crippen MR) is 149 cm³/mol. The van der Waals surface area contributed by atoms with Crippen LogP contribution in [0, 0.1) is 23.5 Å². The van der Waals surface area contributed by atoms with Crippen LogP contribution in [0.2, 0.25) is 29.7 Å². The number of unbranched alkanes of at least 4 members (excludes halogenated alkanes) is 2. The van der Waals surface area contributed by atoms with Crippen LogP contribution in [0.4, 0.5) is 8.78 Å². The van der Waals surface area contributed by atoms with Crippen LogP contribution in [0.3, 0.4) is 0 Å². The SMILES string of the molecule is CCCCC[Si]1(C)CCC(CCC2CCC(c3ccc(-c4ccc(Cl)c(F)c4)c(F)c3)CC2)CC1. The summed E-state index contributed by atoms with van der Waals surface area (Å²) in [6, 6.07) is 14.7. The fourth-order valence-electron chi connectivity index (χ4n) is 6.65. The zero-order chi connectivity index (χ0) is 24.8. The van der Waals surface area contributed by atoms with Gasteiger partial charge in [0.25, 0.3) is 0 Å². The fraction of sp³-hybridized carbons (Fsp3) is 0.613. The third-order valence-corrected chi connectivity index (χ3v) is 14.1. The molecule has 2 aromatic carbocycles. The summed E-state index contributed by atoms with van der Waals surface area (Å²) >= 11 is 5.78. The first kappa shape index (κ1) is 26.9. The van der Waals surface area contributed by atoms with E-state index in [1.165, 1.54) is 69.9 Å². The van der Waals surface area contributed by atoms with E-state index in [9.17, 15) is 8.78 Å². The van der Waals surface area contributed by atoms with Gasteiger partial charge in [-0.15, -0.1) is 0 Å². The van der Waals surface area contributed by atoms with E-state index in [-0.39, 0.29) is 10.8 Å². The first-order chi connectivity index (χ1) is 16.9. The summed E-state index contributed by atoms with van der Waals surface area (Å²) in [5.74, 6) is 1.48. The minimum absolute atomic E-state index is 0.0637. The maximum atomic E-state index is 14.9. The predicted octanol–water partition coefficient (Wildman–Crippen LogP) is 11.0. The topological polar surface area (TPSA) is 0 Å². The van der Waals surface area contributed by atoms with Gasteiger partial charge in [-0.2, -0.15) is 0 Å². The first-order valence-electron chi connectivity index (χ1n) is 14.1. The van der Waals surface area contributed by atoms with Gasteiger partial charge < -0.3 is 0 Å². The van der Waals surface area contributed by atoms with Crippen LogP contribution >= 0.6 is 11.6 Å². The normalized spacial score (nSPS) is 27.2. The molecule has 0 amide bonds. The van der Waals surface area contributed by atoms with Crippen molar-refractivity contribution in [1.82, 2.24) is 0 Å². The van der Waals surface area contributed by atoms with E-state index in [1.807, 2.05) is 12.1 Å². The van der Waals surface area contributed by atoms with Gasteiger partial charge in [-0.3, -0.25) is 0 Å². The molecule has 2 aromatic rings. The van der Waals surface area contributed by atoms with E-state index in [4.69, 9.17) is 11.6 Å². The minimum Gasteiger partial charge on any atom is -0.206 e. The van der Waals surface area contributed by atoms with Crippen molar-refractivity contribution in [3.05, 3.63) is 58.6 Å². The van der Waals surface area contributed by atoms with Gasteiger partial charge in [0, 0.05) is 5.56 Å². The molecule has 1 aliphatic carbocycles. The lowest BCUT2D eigenvalue weighted by Gasteiger charge is -2.37. The van der Waals surface area contributed by atoms with Gasteiger partial charge in [-0.05, 0) is 72.8 Å². The average molecular weight is 517 g/mol. The lowest BCUT2D eigenvalue weighted by Crippen LogP contribution is -2.34. The zero-order valence-corrected chi connectivity index (χ0v) is 23.5. The lowest BCUT2D eigenvalue weighted by atomic mass is 9.76. The molecule has 2 fully saturated rings. The second-order valence-corrected chi connectivity index (χ2v) is 17.4. The van der Waals surface area contributed by atoms with Crippen LogP contribution in [0.1, 0.15) is 89.0 Å². The van der Waals surface area contributed by atoms with Crippen LogP contribution in [-0.2, 0) is 0 Å². The third kappa shape index (κ3) is 7.19. The molecule has 1 saturated carbocycles. The van der Waals surface area contributed by atoms with Gasteiger partial charge in [0.1, 0.15) is 11.6 Å². The van der Waals surface area contributed by atoms with Crippen molar-refractivity contribution in [3.63, 3.8) is 0 Å². The first-order valence-corrected chi connectivity index (χ1v) is 17.6. The van der Waals surface area contributed by atoms with E-state index in [2.05, 4.69) is 13.5 Å². The van der Waals surface area contributed by atoms with Crippen LogP contribution < -0.4 is 0 Å². The van der Waals surface area contributed by atoms with Crippen molar-refractivity contribution in [2.45, 2.75) is 108 Å².